The number of fused-ring (bicyclic) bond motifs is 9. The lowest BCUT2D eigenvalue weighted by atomic mass is 9.81. The number of benzene rings is 11. The Hall–Kier alpha value is -8.74. The van der Waals surface area contributed by atoms with Crippen LogP contribution in [-0.2, 0) is 5.41 Å². The van der Waals surface area contributed by atoms with E-state index in [0.29, 0.717) is 5.56 Å². The zero-order chi connectivity index (χ0) is 54.6. The second-order valence-corrected chi connectivity index (χ2v) is 22.2. The number of rotatable bonds is 9. The van der Waals surface area contributed by atoms with Crippen LogP contribution in [0.5, 0.6) is 0 Å². The summed E-state index contributed by atoms with van der Waals surface area (Å²) in [6.07, 6.45) is 0. The van der Waals surface area contributed by atoms with Gasteiger partial charge in [-0.15, -0.1) is 22.7 Å². The Morgan fingerprint density at radius 3 is 1.81 bits per heavy atom. The molecule has 0 amide bonds. The molecule has 0 N–H and O–H groups in total. The van der Waals surface area contributed by atoms with Crippen LogP contribution in [0.15, 0.2) is 253 Å². The highest BCUT2D eigenvalue weighted by molar-refractivity contribution is 7.27. The van der Waals surface area contributed by atoms with Crippen molar-refractivity contribution in [2.45, 2.75) is 26.2 Å². The maximum Gasteiger partial charge on any atom is 0.135 e. The summed E-state index contributed by atoms with van der Waals surface area (Å²) < 4.78 is 53.7. The Morgan fingerprint density at radius 2 is 1.01 bits per heavy atom. The number of nitrogens with zero attached hydrogens (tertiary/aromatic N) is 2. The molecule has 0 saturated carbocycles. The van der Waals surface area contributed by atoms with Crippen molar-refractivity contribution in [2.24, 2.45) is 0 Å². The van der Waals surface area contributed by atoms with Crippen molar-refractivity contribution in [2.75, 3.05) is 9.80 Å². The fourth-order valence-electron chi connectivity index (χ4n) is 11.0. The van der Waals surface area contributed by atoms with Crippen molar-refractivity contribution in [3.05, 3.63) is 254 Å². The molecule has 0 saturated heterocycles. The topological polar surface area (TPSA) is 19.6 Å². The van der Waals surface area contributed by atoms with E-state index in [9.17, 15) is 0 Å². The molecule has 0 unspecified atom stereocenters. The molecular weight excluding hydrogens is 949 g/mol. The monoisotopic (exact) mass is 1000 g/mol. The van der Waals surface area contributed by atoms with Crippen molar-refractivity contribution in [1.82, 2.24) is 0 Å². The molecule has 3 aromatic heterocycles. The fourth-order valence-corrected chi connectivity index (χ4v) is 13.4. The molecule has 0 aliphatic rings. The molecule has 3 nitrogen and oxygen atoms in total. The highest BCUT2D eigenvalue weighted by atomic mass is 32.1. The number of anilines is 6. The zero-order valence-electron chi connectivity index (χ0n) is 46.4. The molecule has 14 aromatic rings. The van der Waals surface area contributed by atoms with Crippen molar-refractivity contribution in [3.8, 4) is 33.4 Å². The van der Waals surface area contributed by atoms with E-state index < -0.39 is 6.04 Å². The van der Waals surface area contributed by atoms with E-state index in [4.69, 9.17) is 11.3 Å². The molecular formula is C70H50N2OS2. The maximum absolute atomic E-state index is 8.79. The minimum Gasteiger partial charge on any atom is -0.456 e. The number of furan rings is 1. The van der Waals surface area contributed by atoms with E-state index in [1.165, 1.54) is 41.4 Å². The van der Waals surface area contributed by atoms with Crippen LogP contribution < -0.4 is 9.80 Å². The Balaban J connectivity index is 0.935. The van der Waals surface area contributed by atoms with Gasteiger partial charge in [0.1, 0.15) is 11.2 Å². The number of hydrogen-bond donors (Lipinski definition) is 0. The second kappa shape index (κ2) is 18.0. The summed E-state index contributed by atoms with van der Waals surface area (Å²) in [5, 5.41) is 7.01. The molecule has 75 heavy (non-hydrogen) atoms. The van der Waals surface area contributed by atoms with Gasteiger partial charge in [0.05, 0.1) is 6.85 Å². The Labute approximate surface area is 451 Å². The van der Waals surface area contributed by atoms with Gasteiger partial charge in [-0.2, -0.15) is 0 Å². The molecule has 0 aliphatic heterocycles. The van der Waals surface area contributed by atoms with Crippen molar-refractivity contribution < 1.29 is 11.3 Å². The highest BCUT2D eigenvalue weighted by Crippen LogP contribution is 2.50. The number of para-hydroxylation sites is 3. The van der Waals surface area contributed by atoms with E-state index in [1.54, 1.807) is 11.3 Å². The van der Waals surface area contributed by atoms with E-state index in [-0.39, 0.29) is 35.1 Å². The molecule has 358 valence electrons. The van der Waals surface area contributed by atoms with Gasteiger partial charge >= 0.3 is 0 Å². The summed E-state index contributed by atoms with van der Waals surface area (Å²) >= 11 is 3.62. The maximum atomic E-state index is 8.79. The normalized spacial score (nSPS) is 12.9. The van der Waals surface area contributed by atoms with Gasteiger partial charge in [-0.3, -0.25) is 0 Å². The largest absolute Gasteiger partial charge is 0.456 e. The Morgan fingerprint density at radius 1 is 0.373 bits per heavy atom. The number of hydrogen-bond acceptors (Lipinski definition) is 5. The summed E-state index contributed by atoms with van der Waals surface area (Å²) in [6.45, 7) is 6.90. The highest BCUT2D eigenvalue weighted by Gasteiger charge is 2.25. The van der Waals surface area contributed by atoms with E-state index in [1.807, 2.05) is 65.9 Å². The summed E-state index contributed by atoms with van der Waals surface area (Å²) in [5.74, 6) is 0. The zero-order valence-corrected chi connectivity index (χ0v) is 43.0. The van der Waals surface area contributed by atoms with Crippen LogP contribution in [0.1, 0.15) is 33.2 Å². The molecule has 11 aromatic carbocycles. The van der Waals surface area contributed by atoms with Crippen molar-refractivity contribution in [3.63, 3.8) is 0 Å². The predicted molar refractivity (Wildman–Crippen MR) is 324 cm³/mol. The third-order valence-corrected chi connectivity index (χ3v) is 16.8. The molecule has 0 radical (unpaired) electrons. The van der Waals surface area contributed by atoms with Gasteiger partial charge in [0.25, 0.3) is 0 Å². The molecule has 0 bridgehead atoms. The Kier molecular flexibility index (Phi) is 9.55. The van der Waals surface area contributed by atoms with Crippen molar-refractivity contribution >= 4 is 119 Å². The van der Waals surface area contributed by atoms with Gasteiger partial charge < -0.3 is 14.2 Å². The summed E-state index contributed by atoms with van der Waals surface area (Å²) in [5.41, 5.74) is 14.0. The third-order valence-electron chi connectivity index (χ3n) is 14.4. The lowest BCUT2D eigenvalue weighted by Gasteiger charge is -2.30. The first-order valence-electron chi connectivity index (χ1n) is 27.7. The van der Waals surface area contributed by atoms with E-state index in [2.05, 4.69) is 194 Å². The quantitative estimate of drug-likeness (QED) is 0.144. The first kappa shape index (κ1) is 39.7. The minimum atomic E-state index is -0.410. The molecule has 0 fully saturated rings. The molecule has 0 atom stereocenters. The van der Waals surface area contributed by atoms with E-state index >= 15 is 0 Å². The van der Waals surface area contributed by atoms with Gasteiger partial charge in [-0.1, -0.05) is 172 Å². The van der Waals surface area contributed by atoms with Crippen molar-refractivity contribution in [1.29, 1.82) is 0 Å². The van der Waals surface area contributed by atoms with Gasteiger partial charge in [-0.05, 0) is 136 Å². The average molecular weight is 1000 g/mol. The van der Waals surface area contributed by atoms with Crippen LogP contribution in [0.4, 0.5) is 34.1 Å². The first-order chi connectivity index (χ1) is 38.9. The summed E-state index contributed by atoms with van der Waals surface area (Å²) in [7, 11) is 0. The van der Waals surface area contributed by atoms with Crippen LogP contribution >= 0.6 is 22.7 Å². The van der Waals surface area contributed by atoms with Crippen LogP contribution in [0.3, 0.4) is 0 Å². The molecule has 0 aliphatic carbocycles. The molecule has 0 spiro atoms. The SMILES string of the molecule is [2H]c1c([2H])c([2H])c(-c2cccc(N(c3ccccc3)c3ccc4c(c3)sc3c(-c5cc(N(c6ccccc6)c6ccc(-c7ccc8oc9ccccc9c8c7)c(C(C)(C)C)c6)cc6sc7ccccc7c56)cccc34)c2)c([2H])c1[2H]. The standard InChI is InChI=1S/C70H50N2OS2/c1-70(2,3)62-42-51(34-36-54(62)47-33-38-64-60(40-47)55-27-13-15-31-63(55)73-64)72(49-24-11-6-12-25-49)53-41-61(68-59-28-14-16-32-65(59)74-67(68)44-53)58-30-18-29-57-56-37-35-52(43-66(56)75-69(57)58)71(48-22-9-5-10-23-48)50-26-17-21-46(39-50)45-19-7-4-8-20-45/h4-44H,1-3H3/i4D,7D,8D,19D,20D. The van der Waals surface area contributed by atoms with Crippen LogP contribution in [-0.4, -0.2) is 0 Å². The summed E-state index contributed by atoms with van der Waals surface area (Å²) in [6, 6.07) is 75.6. The number of thiophene rings is 2. The van der Waals surface area contributed by atoms with Gasteiger partial charge in [0.15, 0.2) is 0 Å². The smallest absolute Gasteiger partial charge is 0.135 e. The Bertz CT molecular complexity index is 4760. The van der Waals surface area contributed by atoms with Gasteiger partial charge in [0.2, 0.25) is 0 Å². The minimum absolute atomic E-state index is 0.170. The van der Waals surface area contributed by atoms with Crippen LogP contribution in [0, 0.1) is 0 Å². The lowest BCUT2D eigenvalue weighted by molar-refractivity contribution is 0.592. The van der Waals surface area contributed by atoms with Gasteiger partial charge in [-0.25, -0.2) is 0 Å². The van der Waals surface area contributed by atoms with Crippen LogP contribution in [0.25, 0.3) is 95.7 Å². The first-order valence-corrected chi connectivity index (χ1v) is 26.9. The second-order valence-electron chi connectivity index (χ2n) is 20.1. The molecule has 14 rings (SSSR count). The van der Waals surface area contributed by atoms with Crippen LogP contribution in [0.2, 0.25) is 0 Å². The average Bonchev–Trinajstić information content (AvgIpc) is 4.26. The third kappa shape index (κ3) is 7.86. The molecule has 3 heterocycles. The summed E-state index contributed by atoms with van der Waals surface area (Å²) in [4.78, 5) is 4.59. The lowest BCUT2D eigenvalue weighted by Crippen LogP contribution is -2.16. The fraction of sp³-hybridized carbons (Fsp3) is 0.0571. The van der Waals surface area contributed by atoms with Gasteiger partial charge in [0, 0.05) is 90.8 Å². The predicted octanol–water partition coefficient (Wildman–Crippen LogP) is 21.6. The van der Waals surface area contributed by atoms with E-state index in [0.717, 1.165) is 82.8 Å². The molecule has 5 heteroatoms.